The Morgan fingerprint density at radius 3 is 2.73 bits per heavy atom. The molecule has 1 aromatic heterocycles. The van der Waals surface area contributed by atoms with Gasteiger partial charge in [-0.2, -0.15) is 0 Å². The molecule has 1 N–H and O–H groups in total. The molecule has 2 heterocycles. The lowest BCUT2D eigenvalue weighted by Crippen LogP contribution is -2.41. The average molecular weight is 349 g/mol. The van der Waals surface area contributed by atoms with Crippen LogP contribution in [0.4, 0.5) is 0 Å². The van der Waals surface area contributed by atoms with Crippen molar-refractivity contribution < 1.29 is 4.79 Å². The minimum absolute atomic E-state index is 0.0519. The number of carbonyl (C=O) groups excluding carboxylic acids is 1. The summed E-state index contributed by atoms with van der Waals surface area (Å²) < 4.78 is 0. The summed E-state index contributed by atoms with van der Waals surface area (Å²) in [6.45, 7) is 3.05. The van der Waals surface area contributed by atoms with Crippen molar-refractivity contribution in [3.63, 3.8) is 0 Å². The van der Waals surface area contributed by atoms with E-state index in [1.54, 1.807) is 24.5 Å². The fraction of sp³-hybridized carbons (Fsp3) is 0.455. The maximum atomic E-state index is 12.1. The van der Waals surface area contributed by atoms with Gasteiger partial charge in [0.1, 0.15) is 0 Å². The number of aromatic nitrogens is 1. The molecule has 2 aromatic rings. The van der Waals surface area contributed by atoms with Crippen LogP contribution in [-0.4, -0.2) is 41.5 Å². The second-order valence-electron chi connectivity index (χ2n) is 7.47. The molecule has 1 aromatic carbocycles. The second-order valence-corrected chi connectivity index (χ2v) is 7.47. The predicted molar refractivity (Wildman–Crippen MR) is 103 cm³/mol. The van der Waals surface area contributed by atoms with Gasteiger partial charge in [-0.1, -0.05) is 24.6 Å². The van der Waals surface area contributed by atoms with Gasteiger partial charge in [-0.05, 0) is 60.9 Å². The zero-order valence-electron chi connectivity index (χ0n) is 15.3. The monoisotopic (exact) mass is 349 g/mol. The van der Waals surface area contributed by atoms with Gasteiger partial charge in [-0.25, -0.2) is 0 Å². The Labute approximate surface area is 155 Å². The first kappa shape index (κ1) is 17.2. The first-order valence-corrected chi connectivity index (χ1v) is 9.82. The van der Waals surface area contributed by atoms with Crippen LogP contribution in [0.3, 0.4) is 0 Å². The number of hydrogen-bond donors (Lipinski definition) is 1. The van der Waals surface area contributed by atoms with E-state index in [1.807, 2.05) is 0 Å². The molecule has 26 heavy (non-hydrogen) atoms. The summed E-state index contributed by atoms with van der Waals surface area (Å²) in [5, 5.41) is 2.99. The van der Waals surface area contributed by atoms with Gasteiger partial charge in [0, 0.05) is 38.1 Å². The Balaban J connectivity index is 1.31. The number of fused-ring (bicyclic) bond motifs is 1. The lowest BCUT2D eigenvalue weighted by atomic mass is 9.91. The molecule has 0 spiro atoms. The van der Waals surface area contributed by atoms with E-state index in [1.165, 1.54) is 55.5 Å². The number of amides is 1. The van der Waals surface area contributed by atoms with E-state index in [4.69, 9.17) is 0 Å². The zero-order valence-corrected chi connectivity index (χ0v) is 15.3. The standard InChI is InChI=1S/C22H27N3O/c26-22(20-3-2-11-23-16-20)24-12-8-17-6-7-18-9-13-25(21-4-1-5-21)14-10-19(18)15-17/h2-3,6-7,11,15-16,21H,1,4-5,8-10,12-14H2,(H,24,26). The summed E-state index contributed by atoms with van der Waals surface area (Å²) in [6, 6.07) is 11.3. The van der Waals surface area contributed by atoms with Crippen molar-refractivity contribution in [1.82, 2.24) is 15.2 Å². The highest BCUT2D eigenvalue weighted by Crippen LogP contribution is 2.27. The van der Waals surface area contributed by atoms with Crippen molar-refractivity contribution in [2.45, 2.75) is 44.6 Å². The van der Waals surface area contributed by atoms with E-state index >= 15 is 0 Å². The van der Waals surface area contributed by atoms with Crippen LogP contribution in [0.15, 0.2) is 42.7 Å². The largest absolute Gasteiger partial charge is 0.352 e. The van der Waals surface area contributed by atoms with Crippen LogP contribution in [0.5, 0.6) is 0 Å². The number of pyridine rings is 1. The fourth-order valence-corrected chi connectivity index (χ4v) is 3.99. The lowest BCUT2D eigenvalue weighted by Gasteiger charge is -2.36. The van der Waals surface area contributed by atoms with Crippen LogP contribution >= 0.6 is 0 Å². The molecular formula is C22H27N3O. The third kappa shape index (κ3) is 3.96. The Kier molecular flexibility index (Phi) is 5.30. The SMILES string of the molecule is O=C(NCCc1ccc2c(c1)CCN(C1CCC1)CC2)c1cccnc1. The van der Waals surface area contributed by atoms with Gasteiger partial charge in [0.05, 0.1) is 5.56 Å². The van der Waals surface area contributed by atoms with Gasteiger partial charge in [0.25, 0.3) is 5.91 Å². The van der Waals surface area contributed by atoms with Crippen molar-refractivity contribution in [3.05, 3.63) is 65.0 Å². The van der Waals surface area contributed by atoms with Gasteiger partial charge in [-0.15, -0.1) is 0 Å². The highest BCUT2D eigenvalue weighted by atomic mass is 16.1. The van der Waals surface area contributed by atoms with Crippen LogP contribution in [0, 0.1) is 0 Å². The normalized spacial score (nSPS) is 17.8. The Hall–Kier alpha value is -2.20. The molecule has 1 aliphatic carbocycles. The molecule has 0 atom stereocenters. The van der Waals surface area contributed by atoms with Gasteiger partial charge in [0.2, 0.25) is 0 Å². The van der Waals surface area contributed by atoms with Crippen LogP contribution in [0.1, 0.15) is 46.3 Å². The van der Waals surface area contributed by atoms with E-state index in [9.17, 15) is 4.79 Å². The van der Waals surface area contributed by atoms with Crippen LogP contribution in [0.2, 0.25) is 0 Å². The molecule has 1 saturated carbocycles. The summed E-state index contributed by atoms with van der Waals surface area (Å²) in [6.07, 6.45) is 10.7. The number of benzene rings is 1. The molecule has 0 radical (unpaired) electrons. The van der Waals surface area contributed by atoms with Gasteiger partial charge in [-0.3, -0.25) is 14.7 Å². The Morgan fingerprint density at radius 1 is 1.15 bits per heavy atom. The number of hydrogen-bond acceptors (Lipinski definition) is 3. The third-order valence-corrected chi connectivity index (χ3v) is 5.82. The number of nitrogens with zero attached hydrogens (tertiary/aromatic N) is 2. The summed E-state index contributed by atoms with van der Waals surface area (Å²) >= 11 is 0. The Bertz CT molecular complexity index is 755. The van der Waals surface area contributed by atoms with Gasteiger partial charge >= 0.3 is 0 Å². The van der Waals surface area contributed by atoms with Crippen LogP contribution in [0.25, 0.3) is 0 Å². The molecule has 0 saturated heterocycles. The predicted octanol–water partition coefficient (Wildman–Crippen LogP) is 3.01. The second kappa shape index (κ2) is 8.00. The summed E-state index contributed by atoms with van der Waals surface area (Å²) in [7, 11) is 0. The molecule has 0 unspecified atom stereocenters. The molecule has 0 bridgehead atoms. The Morgan fingerprint density at radius 2 is 2.00 bits per heavy atom. The van der Waals surface area contributed by atoms with Crippen molar-refractivity contribution >= 4 is 5.91 Å². The van der Waals surface area contributed by atoms with Crippen LogP contribution in [-0.2, 0) is 19.3 Å². The first-order valence-electron chi connectivity index (χ1n) is 9.82. The molecule has 1 amide bonds. The highest BCUT2D eigenvalue weighted by molar-refractivity contribution is 5.93. The topological polar surface area (TPSA) is 45.2 Å². The van der Waals surface area contributed by atoms with E-state index in [0.29, 0.717) is 12.1 Å². The molecule has 1 aliphatic heterocycles. The fourth-order valence-electron chi connectivity index (χ4n) is 3.99. The number of carbonyl (C=O) groups is 1. The number of nitrogens with one attached hydrogen (secondary N) is 1. The highest BCUT2D eigenvalue weighted by Gasteiger charge is 2.26. The van der Waals surface area contributed by atoms with Gasteiger partial charge in [0.15, 0.2) is 0 Å². The maximum absolute atomic E-state index is 12.1. The summed E-state index contributed by atoms with van der Waals surface area (Å²) in [5.74, 6) is -0.0519. The molecule has 1 fully saturated rings. The van der Waals surface area contributed by atoms with Crippen LogP contribution < -0.4 is 5.32 Å². The summed E-state index contributed by atoms with van der Waals surface area (Å²) in [5.41, 5.74) is 4.94. The average Bonchev–Trinajstić information content (AvgIpc) is 2.84. The molecule has 136 valence electrons. The molecule has 4 heteroatoms. The third-order valence-electron chi connectivity index (χ3n) is 5.82. The minimum atomic E-state index is -0.0519. The van der Waals surface area contributed by atoms with Crippen molar-refractivity contribution in [3.8, 4) is 0 Å². The minimum Gasteiger partial charge on any atom is -0.352 e. The van der Waals surface area contributed by atoms with Gasteiger partial charge < -0.3 is 5.32 Å². The van der Waals surface area contributed by atoms with E-state index in [0.717, 1.165) is 18.9 Å². The van der Waals surface area contributed by atoms with E-state index in [2.05, 4.69) is 33.4 Å². The van der Waals surface area contributed by atoms with Crippen molar-refractivity contribution in [1.29, 1.82) is 0 Å². The maximum Gasteiger partial charge on any atom is 0.252 e. The quantitative estimate of drug-likeness (QED) is 0.902. The smallest absolute Gasteiger partial charge is 0.252 e. The molecular weight excluding hydrogens is 322 g/mol. The first-order chi connectivity index (χ1) is 12.8. The van der Waals surface area contributed by atoms with Crippen molar-refractivity contribution in [2.75, 3.05) is 19.6 Å². The van der Waals surface area contributed by atoms with E-state index < -0.39 is 0 Å². The molecule has 4 nitrogen and oxygen atoms in total. The molecule has 4 rings (SSSR count). The van der Waals surface area contributed by atoms with E-state index in [-0.39, 0.29) is 5.91 Å². The molecule has 2 aliphatic rings. The van der Waals surface area contributed by atoms with Crippen molar-refractivity contribution in [2.24, 2.45) is 0 Å². The summed E-state index contributed by atoms with van der Waals surface area (Å²) in [4.78, 5) is 18.8. The number of rotatable bonds is 5. The zero-order chi connectivity index (χ0) is 17.8. The lowest BCUT2D eigenvalue weighted by molar-refractivity contribution is 0.0954.